The van der Waals surface area contributed by atoms with Crippen molar-refractivity contribution in [2.75, 3.05) is 19.6 Å². The summed E-state index contributed by atoms with van der Waals surface area (Å²) in [4.78, 5) is 14.1. The van der Waals surface area contributed by atoms with Gasteiger partial charge in [0.2, 0.25) is 0 Å². The van der Waals surface area contributed by atoms with Gasteiger partial charge in [0.25, 0.3) is 0 Å². The third kappa shape index (κ3) is 2.88. The van der Waals surface area contributed by atoms with Gasteiger partial charge >= 0.3 is 6.03 Å². The molecule has 0 aliphatic carbocycles. The molecule has 2 unspecified atom stereocenters. The first-order chi connectivity index (χ1) is 7.79. The second-order valence-corrected chi connectivity index (χ2v) is 4.95. The number of nitrogens with one attached hydrogen (secondary N) is 2. The molecule has 0 saturated carbocycles. The average molecular weight is 225 g/mol. The summed E-state index contributed by atoms with van der Waals surface area (Å²) >= 11 is 0. The van der Waals surface area contributed by atoms with Crippen LogP contribution in [0, 0.1) is 0 Å². The molecular weight excluding hydrogens is 202 g/mol. The quantitative estimate of drug-likeness (QED) is 0.761. The van der Waals surface area contributed by atoms with Gasteiger partial charge in [0.1, 0.15) is 0 Å². The zero-order valence-corrected chi connectivity index (χ0v) is 10.2. The van der Waals surface area contributed by atoms with Crippen LogP contribution < -0.4 is 10.6 Å². The molecule has 0 radical (unpaired) electrons. The van der Waals surface area contributed by atoms with Gasteiger partial charge < -0.3 is 15.5 Å². The van der Waals surface area contributed by atoms with E-state index in [2.05, 4.69) is 22.5 Å². The minimum Gasteiger partial charge on any atom is -0.338 e. The minimum atomic E-state index is 0.0123. The number of nitrogens with zero attached hydrogens (tertiary/aromatic N) is 1. The molecule has 0 aromatic carbocycles. The van der Waals surface area contributed by atoms with Gasteiger partial charge in [-0.2, -0.15) is 0 Å². The van der Waals surface area contributed by atoms with Crippen LogP contribution in [-0.4, -0.2) is 42.6 Å². The number of carbonyl (C=O) groups excluding carboxylic acids is 1. The van der Waals surface area contributed by atoms with Gasteiger partial charge in [0, 0.05) is 25.2 Å². The molecule has 2 N–H and O–H groups in total. The standard InChI is InChI=1S/C12H23N3O/c1-2-6-13-12(16)14-10-5-8-15-7-3-4-11(15)9-10/h10-11H,2-9H2,1H3,(H2,13,14,16). The molecule has 2 amide bonds. The lowest BCUT2D eigenvalue weighted by molar-refractivity contribution is 0.166. The van der Waals surface area contributed by atoms with E-state index in [1.165, 1.54) is 19.4 Å². The Morgan fingerprint density at radius 3 is 3.06 bits per heavy atom. The van der Waals surface area contributed by atoms with Crippen LogP contribution in [0.15, 0.2) is 0 Å². The van der Waals surface area contributed by atoms with Crippen LogP contribution in [0.1, 0.15) is 39.0 Å². The van der Waals surface area contributed by atoms with Crippen molar-refractivity contribution in [2.24, 2.45) is 0 Å². The Balaban J connectivity index is 1.72. The summed E-state index contributed by atoms with van der Waals surface area (Å²) in [6.45, 7) is 5.26. The molecule has 16 heavy (non-hydrogen) atoms. The van der Waals surface area contributed by atoms with Crippen LogP contribution in [0.3, 0.4) is 0 Å². The molecule has 0 aromatic rings. The summed E-state index contributed by atoms with van der Waals surface area (Å²) in [5.41, 5.74) is 0. The molecule has 0 bridgehead atoms. The van der Waals surface area contributed by atoms with E-state index in [-0.39, 0.29) is 6.03 Å². The first-order valence-corrected chi connectivity index (χ1v) is 6.58. The molecular formula is C12H23N3O. The third-order valence-corrected chi connectivity index (χ3v) is 3.69. The van der Waals surface area contributed by atoms with Crippen molar-refractivity contribution in [3.63, 3.8) is 0 Å². The number of piperidine rings is 1. The van der Waals surface area contributed by atoms with Crippen LogP contribution in [0.2, 0.25) is 0 Å². The van der Waals surface area contributed by atoms with Crippen LogP contribution in [0.4, 0.5) is 4.79 Å². The Bertz CT molecular complexity index is 244. The van der Waals surface area contributed by atoms with Gasteiger partial charge in [-0.3, -0.25) is 0 Å². The van der Waals surface area contributed by atoms with Crippen molar-refractivity contribution in [3.8, 4) is 0 Å². The number of carbonyl (C=O) groups is 1. The smallest absolute Gasteiger partial charge is 0.315 e. The fourth-order valence-electron chi connectivity index (χ4n) is 2.83. The number of amides is 2. The molecule has 4 heteroatoms. The van der Waals surface area contributed by atoms with E-state index < -0.39 is 0 Å². The zero-order chi connectivity index (χ0) is 11.4. The summed E-state index contributed by atoms with van der Waals surface area (Å²) in [6, 6.07) is 1.12. The lowest BCUT2D eigenvalue weighted by atomic mass is 9.98. The Morgan fingerprint density at radius 1 is 1.38 bits per heavy atom. The van der Waals surface area contributed by atoms with Gasteiger partial charge in [-0.25, -0.2) is 4.79 Å². The highest BCUT2D eigenvalue weighted by Crippen LogP contribution is 2.26. The van der Waals surface area contributed by atoms with Crippen molar-refractivity contribution >= 4 is 6.03 Å². The molecule has 4 nitrogen and oxygen atoms in total. The molecule has 2 aliphatic heterocycles. The first kappa shape index (κ1) is 11.7. The SMILES string of the molecule is CCCNC(=O)NC1CCN2CCCC2C1. The van der Waals surface area contributed by atoms with Gasteiger partial charge in [0.15, 0.2) is 0 Å². The highest BCUT2D eigenvalue weighted by atomic mass is 16.2. The highest BCUT2D eigenvalue weighted by Gasteiger charge is 2.31. The lowest BCUT2D eigenvalue weighted by Gasteiger charge is -2.35. The Morgan fingerprint density at radius 2 is 2.25 bits per heavy atom. The molecule has 2 rings (SSSR count). The minimum absolute atomic E-state index is 0.0123. The molecule has 0 aromatic heterocycles. The summed E-state index contributed by atoms with van der Waals surface area (Å²) in [5, 5.41) is 5.97. The van der Waals surface area contributed by atoms with E-state index in [0.29, 0.717) is 6.04 Å². The Kier molecular flexibility index (Phi) is 4.04. The predicted molar refractivity (Wildman–Crippen MR) is 64.4 cm³/mol. The third-order valence-electron chi connectivity index (χ3n) is 3.69. The normalized spacial score (nSPS) is 29.8. The molecule has 92 valence electrons. The van der Waals surface area contributed by atoms with E-state index in [0.717, 1.165) is 38.4 Å². The highest BCUT2D eigenvalue weighted by molar-refractivity contribution is 5.74. The Labute approximate surface area is 97.8 Å². The summed E-state index contributed by atoms with van der Waals surface area (Å²) in [6.07, 6.45) is 5.89. The predicted octanol–water partition coefficient (Wildman–Crippen LogP) is 1.32. The second kappa shape index (κ2) is 5.53. The fraction of sp³-hybridized carbons (Fsp3) is 0.917. The summed E-state index contributed by atoms with van der Waals surface area (Å²) in [7, 11) is 0. The number of hydrogen-bond acceptors (Lipinski definition) is 2. The Hall–Kier alpha value is -0.770. The van der Waals surface area contributed by atoms with Gasteiger partial charge in [-0.05, 0) is 38.6 Å². The van der Waals surface area contributed by atoms with Crippen LogP contribution >= 0.6 is 0 Å². The van der Waals surface area contributed by atoms with Gasteiger partial charge in [-0.15, -0.1) is 0 Å². The number of fused-ring (bicyclic) bond motifs is 1. The maximum absolute atomic E-state index is 11.5. The summed E-state index contributed by atoms with van der Waals surface area (Å²) < 4.78 is 0. The largest absolute Gasteiger partial charge is 0.338 e. The van der Waals surface area contributed by atoms with E-state index in [4.69, 9.17) is 0 Å². The molecule has 2 atom stereocenters. The van der Waals surface area contributed by atoms with Gasteiger partial charge in [0.05, 0.1) is 0 Å². The van der Waals surface area contributed by atoms with Crippen LogP contribution in [0.5, 0.6) is 0 Å². The second-order valence-electron chi connectivity index (χ2n) is 4.95. The molecule has 0 spiro atoms. The van der Waals surface area contributed by atoms with E-state index in [1.807, 2.05) is 0 Å². The van der Waals surface area contributed by atoms with Crippen molar-refractivity contribution in [1.29, 1.82) is 0 Å². The molecule has 2 fully saturated rings. The first-order valence-electron chi connectivity index (χ1n) is 6.58. The van der Waals surface area contributed by atoms with E-state index in [9.17, 15) is 4.79 Å². The van der Waals surface area contributed by atoms with E-state index in [1.54, 1.807) is 0 Å². The number of urea groups is 1. The zero-order valence-electron chi connectivity index (χ0n) is 10.2. The number of hydrogen-bond donors (Lipinski definition) is 2. The fourth-order valence-corrected chi connectivity index (χ4v) is 2.83. The molecule has 2 saturated heterocycles. The molecule has 2 heterocycles. The molecule has 2 aliphatic rings. The lowest BCUT2D eigenvalue weighted by Crippen LogP contribution is -2.50. The maximum atomic E-state index is 11.5. The topological polar surface area (TPSA) is 44.4 Å². The van der Waals surface area contributed by atoms with Gasteiger partial charge in [-0.1, -0.05) is 6.92 Å². The summed E-state index contributed by atoms with van der Waals surface area (Å²) in [5.74, 6) is 0. The van der Waals surface area contributed by atoms with Crippen molar-refractivity contribution in [1.82, 2.24) is 15.5 Å². The van der Waals surface area contributed by atoms with Crippen LogP contribution in [-0.2, 0) is 0 Å². The number of rotatable bonds is 3. The van der Waals surface area contributed by atoms with Crippen molar-refractivity contribution < 1.29 is 4.79 Å². The van der Waals surface area contributed by atoms with Crippen molar-refractivity contribution in [2.45, 2.75) is 51.1 Å². The van der Waals surface area contributed by atoms with Crippen molar-refractivity contribution in [3.05, 3.63) is 0 Å². The monoisotopic (exact) mass is 225 g/mol. The van der Waals surface area contributed by atoms with E-state index >= 15 is 0 Å². The average Bonchev–Trinajstić information content (AvgIpc) is 2.73. The maximum Gasteiger partial charge on any atom is 0.315 e. The van der Waals surface area contributed by atoms with Crippen LogP contribution in [0.25, 0.3) is 0 Å².